The molecule has 0 radical (unpaired) electrons. The third kappa shape index (κ3) is 1.96. The minimum atomic E-state index is 0.777. The summed E-state index contributed by atoms with van der Waals surface area (Å²) >= 11 is 6.11. The standard InChI is InChI=1S/C11H11ClN2/c1-9-2-3-10(11(12)6-9)7-14-5-4-13-8-14/h2-6,8H,7H2,1H3. The fraction of sp³-hybridized carbons (Fsp3) is 0.182. The summed E-state index contributed by atoms with van der Waals surface area (Å²) in [6, 6.07) is 6.10. The number of hydrogen-bond acceptors (Lipinski definition) is 1. The maximum Gasteiger partial charge on any atom is 0.0949 e. The minimum Gasteiger partial charge on any atom is -0.333 e. The molecule has 0 N–H and O–H groups in total. The Morgan fingerprint density at radius 2 is 2.29 bits per heavy atom. The van der Waals surface area contributed by atoms with Crippen LogP contribution in [-0.2, 0) is 6.54 Å². The normalized spacial score (nSPS) is 10.4. The van der Waals surface area contributed by atoms with Crippen molar-refractivity contribution >= 4 is 11.6 Å². The van der Waals surface area contributed by atoms with Crippen molar-refractivity contribution < 1.29 is 0 Å². The third-order valence-corrected chi connectivity index (χ3v) is 2.47. The van der Waals surface area contributed by atoms with Crippen molar-refractivity contribution in [2.75, 3.05) is 0 Å². The van der Waals surface area contributed by atoms with Crippen molar-refractivity contribution in [1.29, 1.82) is 0 Å². The predicted octanol–water partition coefficient (Wildman–Crippen LogP) is 2.89. The van der Waals surface area contributed by atoms with E-state index in [4.69, 9.17) is 11.6 Å². The first-order valence-electron chi connectivity index (χ1n) is 4.46. The fourth-order valence-electron chi connectivity index (χ4n) is 1.36. The highest BCUT2D eigenvalue weighted by Crippen LogP contribution is 2.18. The molecule has 0 unspecified atom stereocenters. The van der Waals surface area contributed by atoms with Crippen LogP contribution < -0.4 is 0 Å². The van der Waals surface area contributed by atoms with Gasteiger partial charge < -0.3 is 4.57 Å². The first-order valence-corrected chi connectivity index (χ1v) is 4.84. The second-order valence-electron chi connectivity index (χ2n) is 3.33. The zero-order valence-corrected chi connectivity index (χ0v) is 8.70. The SMILES string of the molecule is Cc1ccc(Cn2ccnc2)c(Cl)c1. The molecule has 2 aromatic rings. The number of nitrogens with zero attached hydrogens (tertiary/aromatic N) is 2. The number of halogens is 1. The lowest BCUT2D eigenvalue weighted by molar-refractivity contribution is 0.797. The van der Waals surface area contributed by atoms with Crippen LogP contribution in [0.25, 0.3) is 0 Å². The van der Waals surface area contributed by atoms with Crippen molar-refractivity contribution in [3.05, 3.63) is 53.1 Å². The van der Waals surface area contributed by atoms with Crippen LogP contribution in [0.15, 0.2) is 36.9 Å². The zero-order chi connectivity index (χ0) is 9.97. The van der Waals surface area contributed by atoms with Crippen LogP contribution >= 0.6 is 11.6 Å². The van der Waals surface area contributed by atoms with Crippen LogP contribution in [0.2, 0.25) is 5.02 Å². The number of hydrogen-bond donors (Lipinski definition) is 0. The Kier molecular flexibility index (Phi) is 2.55. The summed E-state index contributed by atoms with van der Waals surface area (Å²) in [5.74, 6) is 0. The molecule has 0 aliphatic carbocycles. The van der Waals surface area contributed by atoms with Crippen molar-refractivity contribution in [2.45, 2.75) is 13.5 Å². The molecule has 3 heteroatoms. The van der Waals surface area contributed by atoms with E-state index in [1.807, 2.05) is 23.8 Å². The van der Waals surface area contributed by atoms with E-state index in [0.717, 1.165) is 17.1 Å². The third-order valence-electron chi connectivity index (χ3n) is 2.12. The van der Waals surface area contributed by atoms with E-state index in [0.29, 0.717) is 0 Å². The molecule has 0 saturated heterocycles. The summed E-state index contributed by atoms with van der Waals surface area (Å²) in [6.45, 7) is 2.81. The fourth-order valence-corrected chi connectivity index (χ4v) is 1.65. The van der Waals surface area contributed by atoms with Crippen LogP contribution in [0.3, 0.4) is 0 Å². The summed E-state index contributed by atoms with van der Waals surface area (Å²) in [7, 11) is 0. The van der Waals surface area contributed by atoms with Gasteiger partial charge in [-0.15, -0.1) is 0 Å². The average molecular weight is 207 g/mol. The van der Waals surface area contributed by atoms with Gasteiger partial charge in [-0.2, -0.15) is 0 Å². The van der Waals surface area contributed by atoms with Crippen LogP contribution in [0.4, 0.5) is 0 Å². The van der Waals surface area contributed by atoms with Crippen molar-refractivity contribution in [2.24, 2.45) is 0 Å². The summed E-state index contributed by atoms with van der Waals surface area (Å²) in [4.78, 5) is 3.99. The van der Waals surface area contributed by atoms with Crippen LogP contribution in [-0.4, -0.2) is 9.55 Å². The molecule has 72 valence electrons. The Morgan fingerprint density at radius 3 is 2.93 bits per heavy atom. The van der Waals surface area contributed by atoms with Crippen molar-refractivity contribution in [3.8, 4) is 0 Å². The molecule has 14 heavy (non-hydrogen) atoms. The molecule has 1 aromatic heterocycles. The molecule has 1 heterocycles. The lowest BCUT2D eigenvalue weighted by Gasteiger charge is -2.05. The van der Waals surface area contributed by atoms with E-state index in [9.17, 15) is 0 Å². The molecule has 0 bridgehead atoms. The molecule has 0 saturated carbocycles. The van der Waals surface area contributed by atoms with E-state index in [1.54, 1.807) is 12.5 Å². The smallest absolute Gasteiger partial charge is 0.0949 e. The summed E-state index contributed by atoms with van der Waals surface area (Å²) in [6.07, 6.45) is 5.48. The van der Waals surface area contributed by atoms with Gasteiger partial charge in [0.25, 0.3) is 0 Å². The van der Waals surface area contributed by atoms with E-state index in [1.165, 1.54) is 5.56 Å². The molecule has 0 aliphatic heterocycles. The Hall–Kier alpha value is -1.28. The van der Waals surface area contributed by atoms with E-state index < -0.39 is 0 Å². The maximum atomic E-state index is 6.11. The second-order valence-corrected chi connectivity index (χ2v) is 3.74. The topological polar surface area (TPSA) is 17.8 Å². The second kappa shape index (κ2) is 3.84. The quantitative estimate of drug-likeness (QED) is 0.739. The maximum absolute atomic E-state index is 6.11. The summed E-state index contributed by atoms with van der Waals surface area (Å²) < 4.78 is 2.00. The Balaban J connectivity index is 2.25. The lowest BCUT2D eigenvalue weighted by Crippen LogP contribution is -1.97. The summed E-state index contributed by atoms with van der Waals surface area (Å²) in [5, 5.41) is 0.818. The van der Waals surface area contributed by atoms with Gasteiger partial charge in [0.05, 0.1) is 6.33 Å². The Labute approximate surface area is 88.2 Å². The van der Waals surface area contributed by atoms with E-state index in [-0.39, 0.29) is 0 Å². The molecule has 2 rings (SSSR count). The molecule has 2 nitrogen and oxygen atoms in total. The van der Waals surface area contributed by atoms with Crippen molar-refractivity contribution in [3.63, 3.8) is 0 Å². The molecule has 0 aliphatic rings. The molecule has 0 amide bonds. The predicted molar refractivity (Wildman–Crippen MR) is 57.5 cm³/mol. The first-order chi connectivity index (χ1) is 6.75. The number of imidazole rings is 1. The Bertz CT molecular complexity index is 421. The molecular weight excluding hydrogens is 196 g/mol. The van der Waals surface area contributed by atoms with Gasteiger partial charge in [-0.05, 0) is 24.1 Å². The number of aryl methyl sites for hydroxylation is 1. The molecule has 1 aromatic carbocycles. The number of benzene rings is 1. The largest absolute Gasteiger partial charge is 0.333 e. The highest BCUT2D eigenvalue weighted by Gasteiger charge is 2.00. The summed E-state index contributed by atoms with van der Waals surface area (Å²) in [5.41, 5.74) is 2.31. The molecular formula is C11H11ClN2. The van der Waals surface area contributed by atoms with Crippen LogP contribution in [0.1, 0.15) is 11.1 Å². The van der Waals surface area contributed by atoms with Gasteiger partial charge in [-0.1, -0.05) is 23.7 Å². The minimum absolute atomic E-state index is 0.777. The molecule has 0 fully saturated rings. The lowest BCUT2D eigenvalue weighted by atomic mass is 10.1. The first kappa shape index (κ1) is 9.28. The number of aromatic nitrogens is 2. The molecule has 0 atom stereocenters. The van der Waals surface area contributed by atoms with E-state index in [2.05, 4.69) is 17.1 Å². The number of rotatable bonds is 2. The van der Waals surface area contributed by atoms with Gasteiger partial charge >= 0.3 is 0 Å². The van der Waals surface area contributed by atoms with Gasteiger partial charge in [0.15, 0.2) is 0 Å². The van der Waals surface area contributed by atoms with Gasteiger partial charge in [-0.3, -0.25) is 0 Å². The molecule has 0 spiro atoms. The van der Waals surface area contributed by atoms with Gasteiger partial charge in [0.2, 0.25) is 0 Å². The van der Waals surface area contributed by atoms with Gasteiger partial charge in [0, 0.05) is 24.0 Å². The highest BCUT2D eigenvalue weighted by molar-refractivity contribution is 6.31. The van der Waals surface area contributed by atoms with Gasteiger partial charge in [-0.25, -0.2) is 4.98 Å². The van der Waals surface area contributed by atoms with E-state index >= 15 is 0 Å². The van der Waals surface area contributed by atoms with Crippen LogP contribution in [0.5, 0.6) is 0 Å². The average Bonchev–Trinajstić information content (AvgIpc) is 2.62. The monoisotopic (exact) mass is 206 g/mol. The Morgan fingerprint density at radius 1 is 1.43 bits per heavy atom. The zero-order valence-electron chi connectivity index (χ0n) is 7.94. The van der Waals surface area contributed by atoms with Crippen molar-refractivity contribution in [1.82, 2.24) is 9.55 Å². The van der Waals surface area contributed by atoms with Crippen LogP contribution in [0, 0.1) is 6.92 Å². The highest BCUT2D eigenvalue weighted by atomic mass is 35.5. The van der Waals surface area contributed by atoms with Gasteiger partial charge in [0.1, 0.15) is 0 Å².